The smallest absolute Gasteiger partial charge is 0.404 e. The van der Waals surface area contributed by atoms with E-state index >= 15 is 0 Å². The van der Waals surface area contributed by atoms with Gasteiger partial charge in [0.1, 0.15) is 10.4 Å². The summed E-state index contributed by atoms with van der Waals surface area (Å²) in [6.07, 6.45) is -7.68. The Labute approximate surface area is 238 Å². The number of nitrogens with one attached hydrogen (secondary N) is 2. The van der Waals surface area contributed by atoms with Crippen molar-refractivity contribution in [3.63, 3.8) is 0 Å². The van der Waals surface area contributed by atoms with E-state index in [0.29, 0.717) is 61.0 Å². The number of aromatic nitrogens is 2. The van der Waals surface area contributed by atoms with Gasteiger partial charge in [-0.1, -0.05) is 0 Å². The second-order valence-electron chi connectivity index (χ2n) is 10.0. The van der Waals surface area contributed by atoms with Crippen LogP contribution in [-0.4, -0.2) is 60.4 Å². The van der Waals surface area contributed by atoms with Crippen molar-refractivity contribution in [2.45, 2.75) is 49.3 Å². The minimum atomic E-state index is -5.06. The molecular formula is C25H21F6N5O4S2. The number of nitrogens with zero attached hydrogens (tertiary/aromatic N) is 3. The molecule has 3 aliphatic rings. The SMILES string of the molecule is O=C1c2sc(-c3nc(Nc4cc5c(cc4OC(F)(F)F)CNCC5)ncc3C(F)(F)F)cc2S(=O)(=O)CCN1C1CC1. The standard InChI is InChI=1S/C25H21F6N5O4S2/c26-24(27,28)15-11-33-23(34-16-7-12-3-4-32-10-13(12)8-17(16)40-25(29,30)31)35-20(15)18-9-19-21(41-18)22(37)36(14-1-2-14)5-6-42(19,38)39/h7-9,11,14,32H,1-6,10H2,(H,33,34,35). The number of thiophene rings is 1. The molecule has 9 nitrogen and oxygen atoms in total. The first-order valence-corrected chi connectivity index (χ1v) is 15.2. The second kappa shape index (κ2) is 10.1. The number of ether oxygens (including phenoxy) is 1. The molecule has 6 rings (SSSR count). The van der Waals surface area contributed by atoms with Crippen molar-refractivity contribution in [1.29, 1.82) is 0 Å². The van der Waals surface area contributed by atoms with Gasteiger partial charge in [-0.25, -0.2) is 18.4 Å². The molecule has 0 atom stereocenters. The Morgan fingerprint density at radius 1 is 1.10 bits per heavy atom. The first kappa shape index (κ1) is 28.7. The minimum absolute atomic E-state index is 0.0168. The van der Waals surface area contributed by atoms with E-state index in [1.807, 2.05) is 0 Å². The lowest BCUT2D eigenvalue weighted by atomic mass is 10.00. The van der Waals surface area contributed by atoms with Gasteiger partial charge in [0.2, 0.25) is 5.95 Å². The highest BCUT2D eigenvalue weighted by Gasteiger charge is 2.42. The molecular weight excluding hydrogens is 612 g/mol. The Balaban J connectivity index is 1.44. The van der Waals surface area contributed by atoms with Crippen LogP contribution in [0.1, 0.15) is 39.2 Å². The predicted octanol–water partition coefficient (Wildman–Crippen LogP) is 4.90. The van der Waals surface area contributed by atoms with Crippen molar-refractivity contribution in [2.24, 2.45) is 0 Å². The maximum absolute atomic E-state index is 14.0. The van der Waals surface area contributed by atoms with Crippen LogP contribution in [0.3, 0.4) is 0 Å². The van der Waals surface area contributed by atoms with Gasteiger partial charge in [0.25, 0.3) is 5.91 Å². The number of hydrogen-bond acceptors (Lipinski definition) is 9. The van der Waals surface area contributed by atoms with Crippen LogP contribution in [0.15, 0.2) is 29.3 Å². The largest absolute Gasteiger partial charge is 0.573 e. The lowest BCUT2D eigenvalue weighted by molar-refractivity contribution is -0.274. The van der Waals surface area contributed by atoms with Crippen LogP contribution < -0.4 is 15.4 Å². The Kier molecular flexibility index (Phi) is 6.88. The molecule has 2 N–H and O–H groups in total. The molecule has 0 radical (unpaired) electrons. The normalized spacial score (nSPS) is 18.7. The molecule has 2 aliphatic heterocycles. The van der Waals surface area contributed by atoms with Gasteiger partial charge in [-0.3, -0.25) is 4.79 Å². The molecule has 17 heteroatoms. The van der Waals surface area contributed by atoms with Crippen molar-refractivity contribution >= 4 is 38.7 Å². The third-order valence-corrected chi connectivity index (χ3v) is 10.0. The number of amides is 1. The van der Waals surface area contributed by atoms with Gasteiger partial charge in [-0.2, -0.15) is 13.2 Å². The number of carbonyl (C=O) groups excluding carboxylic acids is 1. The summed E-state index contributed by atoms with van der Waals surface area (Å²) in [7, 11) is -4.00. The highest BCUT2D eigenvalue weighted by atomic mass is 32.2. The van der Waals surface area contributed by atoms with Crippen LogP contribution in [0, 0.1) is 0 Å². The summed E-state index contributed by atoms with van der Waals surface area (Å²) in [6.45, 7) is 0.848. The average Bonchev–Trinajstić information content (AvgIpc) is 3.64. The molecule has 1 saturated carbocycles. The number of sulfone groups is 1. The Hall–Kier alpha value is -3.44. The van der Waals surface area contributed by atoms with Crippen LogP contribution in [0.25, 0.3) is 10.6 Å². The molecule has 1 aromatic carbocycles. The molecule has 1 amide bonds. The van der Waals surface area contributed by atoms with E-state index in [0.717, 1.165) is 6.07 Å². The molecule has 42 heavy (non-hydrogen) atoms. The summed E-state index contributed by atoms with van der Waals surface area (Å²) in [5.74, 6) is -2.08. The maximum Gasteiger partial charge on any atom is 0.573 e. The third-order valence-electron chi connectivity index (χ3n) is 7.06. The van der Waals surface area contributed by atoms with E-state index in [2.05, 4.69) is 25.3 Å². The zero-order chi connectivity index (χ0) is 30.0. The molecule has 1 fully saturated rings. The number of rotatable bonds is 5. The van der Waals surface area contributed by atoms with Gasteiger partial charge in [0, 0.05) is 25.3 Å². The van der Waals surface area contributed by atoms with Gasteiger partial charge >= 0.3 is 12.5 Å². The Morgan fingerprint density at radius 3 is 2.55 bits per heavy atom. The summed E-state index contributed by atoms with van der Waals surface area (Å²) in [5, 5.41) is 5.57. The second-order valence-corrected chi connectivity index (χ2v) is 13.2. The summed E-state index contributed by atoms with van der Waals surface area (Å²) < 4.78 is 112. The van der Waals surface area contributed by atoms with Crippen LogP contribution in [-0.2, 0) is 29.0 Å². The Morgan fingerprint density at radius 2 is 1.86 bits per heavy atom. The van der Waals surface area contributed by atoms with Crippen molar-refractivity contribution in [2.75, 3.05) is 24.2 Å². The number of alkyl halides is 6. The topological polar surface area (TPSA) is 114 Å². The molecule has 0 bridgehead atoms. The number of fused-ring (bicyclic) bond motifs is 2. The molecule has 3 aromatic rings. The predicted molar refractivity (Wildman–Crippen MR) is 138 cm³/mol. The molecule has 2 aromatic heterocycles. The lowest BCUT2D eigenvalue weighted by Crippen LogP contribution is -2.34. The van der Waals surface area contributed by atoms with Crippen molar-refractivity contribution in [1.82, 2.24) is 20.2 Å². The number of carbonyl (C=O) groups is 1. The van der Waals surface area contributed by atoms with Crippen LogP contribution >= 0.6 is 11.3 Å². The highest BCUT2D eigenvalue weighted by Crippen LogP contribution is 2.43. The third kappa shape index (κ3) is 5.64. The molecule has 4 heterocycles. The average molecular weight is 634 g/mol. The van der Waals surface area contributed by atoms with Gasteiger partial charge in [0.05, 0.1) is 26.9 Å². The molecule has 224 valence electrons. The summed E-state index contributed by atoms with van der Waals surface area (Å²) >= 11 is 0.567. The zero-order valence-corrected chi connectivity index (χ0v) is 23.0. The molecule has 0 spiro atoms. The first-order valence-electron chi connectivity index (χ1n) is 12.7. The summed E-state index contributed by atoms with van der Waals surface area (Å²) in [4.78, 5) is 21.4. The van der Waals surface area contributed by atoms with Crippen molar-refractivity contribution < 1.29 is 44.3 Å². The fraction of sp³-hybridized carbons (Fsp3) is 0.400. The van der Waals surface area contributed by atoms with Gasteiger partial charge in [-0.05, 0) is 55.1 Å². The van der Waals surface area contributed by atoms with Gasteiger partial charge < -0.3 is 20.3 Å². The van der Waals surface area contributed by atoms with E-state index in [4.69, 9.17) is 0 Å². The molecule has 1 aliphatic carbocycles. The Bertz CT molecular complexity index is 1690. The van der Waals surface area contributed by atoms with Crippen molar-refractivity contribution in [3.8, 4) is 16.3 Å². The molecule has 0 unspecified atom stereocenters. The lowest BCUT2D eigenvalue weighted by Gasteiger charge is -2.22. The fourth-order valence-corrected chi connectivity index (χ4v) is 7.86. The first-order chi connectivity index (χ1) is 19.7. The van der Waals surface area contributed by atoms with Crippen LogP contribution in [0.4, 0.5) is 38.0 Å². The van der Waals surface area contributed by atoms with E-state index in [1.54, 1.807) is 0 Å². The quantitative estimate of drug-likeness (QED) is 0.382. The minimum Gasteiger partial charge on any atom is -0.404 e. The van der Waals surface area contributed by atoms with E-state index in [1.165, 1.54) is 17.0 Å². The molecule has 0 saturated heterocycles. The zero-order valence-electron chi connectivity index (χ0n) is 21.4. The van der Waals surface area contributed by atoms with E-state index < -0.39 is 51.2 Å². The van der Waals surface area contributed by atoms with Crippen molar-refractivity contribution in [3.05, 3.63) is 46.0 Å². The maximum atomic E-state index is 14.0. The van der Waals surface area contributed by atoms with Crippen LogP contribution in [0.5, 0.6) is 5.75 Å². The van der Waals surface area contributed by atoms with Gasteiger partial charge in [-0.15, -0.1) is 24.5 Å². The van der Waals surface area contributed by atoms with Crippen LogP contribution in [0.2, 0.25) is 0 Å². The highest BCUT2D eigenvalue weighted by molar-refractivity contribution is 7.91. The number of halogens is 6. The number of benzene rings is 1. The van der Waals surface area contributed by atoms with Gasteiger partial charge in [0.15, 0.2) is 15.6 Å². The fourth-order valence-electron chi connectivity index (χ4n) is 4.94. The monoisotopic (exact) mass is 633 g/mol. The summed E-state index contributed by atoms with van der Waals surface area (Å²) in [5.41, 5.74) is -0.996. The van der Waals surface area contributed by atoms with E-state index in [9.17, 15) is 39.6 Å². The number of hydrogen-bond donors (Lipinski definition) is 2. The number of anilines is 2. The summed E-state index contributed by atoms with van der Waals surface area (Å²) in [6, 6.07) is 3.45. The van der Waals surface area contributed by atoms with E-state index in [-0.39, 0.29) is 38.7 Å².